The van der Waals surface area contributed by atoms with Crippen LogP contribution in [0.4, 0.5) is 33.5 Å². The minimum atomic E-state index is -2.70. The number of anilines is 2. The Labute approximate surface area is 206 Å². The zero-order valence-electron chi connectivity index (χ0n) is 18.9. The Morgan fingerprint density at radius 2 is 2.08 bits per heavy atom. The maximum absolute atomic E-state index is 15.0. The third kappa shape index (κ3) is 4.08. The van der Waals surface area contributed by atoms with Crippen molar-refractivity contribution >= 4 is 39.5 Å². The van der Waals surface area contributed by atoms with E-state index in [1.54, 1.807) is 6.07 Å². The summed E-state index contributed by atoms with van der Waals surface area (Å²) in [5, 5.41) is 2.81. The summed E-state index contributed by atoms with van der Waals surface area (Å²) in [6.07, 6.45) is 0.384. The number of pyridine rings is 1. The quantitative estimate of drug-likeness (QED) is 0.313. The molecule has 0 saturated heterocycles. The Hall–Kier alpha value is -3.22. The van der Waals surface area contributed by atoms with E-state index in [4.69, 9.17) is 10.5 Å². The number of aliphatic imine (C=N–C) groups is 1. The Kier molecular flexibility index (Phi) is 6.13. The van der Waals surface area contributed by atoms with Gasteiger partial charge in [-0.15, -0.1) is 0 Å². The van der Waals surface area contributed by atoms with Crippen LogP contribution in [0, 0.1) is 17.6 Å². The minimum absolute atomic E-state index is 0.0744. The summed E-state index contributed by atoms with van der Waals surface area (Å²) in [5.74, 6) is -2.67. The van der Waals surface area contributed by atoms with Crippen molar-refractivity contribution < 1.29 is 26.7 Å². The van der Waals surface area contributed by atoms with Crippen LogP contribution in [0.5, 0.6) is 5.88 Å². The van der Waals surface area contributed by atoms with Crippen molar-refractivity contribution in [3.05, 3.63) is 47.8 Å². The number of halogens is 5. The molecule has 0 bridgehead atoms. The van der Waals surface area contributed by atoms with Gasteiger partial charge in [0.05, 0.1) is 35.3 Å². The van der Waals surface area contributed by atoms with E-state index in [0.717, 1.165) is 17.8 Å². The number of thioether (sulfide) groups is 1. The largest absolute Gasteiger partial charge is 0.476 e. The molecule has 1 aliphatic heterocycles. The number of nitrogens with one attached hydrogen (secondary N) is 1. The molecular weight excluding hydrogens is 503 g/mol. The summed E-state index contributed by atoms with van der Waals surface area (Å²) >= 11 is 0.785. The second-order valence-corrected chi connectivity index (χ2v) is 10.2. The smallest absolute Gasteiger partial charge is 0.253 e. The van der Waals surface area contributed by atoms with E-state index >= 15 is 4.39 Å². The average molecular weight is 525 g/mol. The first kappa shape index (κ1) is 24.5. The van der Waals surface area contributed by atoms with Crippen molar-refractivity contribution in [2.75, 3.05) is 18.6 Å². The van der Waals surface area contributed by atoms with E-state index in [0.29, 0.717) is 11.0 Å². The Morgan fingerprint density at radius 3 is 2.83 bits per heavy atom. The maximum Gasteiger partial charge on any atom is 0.253 e. The van der Waals surface area contributed by atoms with E-state index < -0.39 is 40.9 Å². The van der Waals surface area contributed by atoms with Crippen molar-refractivity contribution in [1.29, 1.82) is 0 Å². The first-order valence-corrected chi connectivity index (χ1v) is 11.9. The van der Waals surface area contributed by atoms with Gasteiger partial charge in [-0.3, -0.25) is 9.38 Å². The lowest BCUT2D eigenvalue weighted by molar-refractivity contribution is 0.123. The van der Waals surface area contributed by atoms with Gasteiger partial charge in [0, 0.05) is 35.9 Å². The second-order valence-electron chi connectivity index (χ2n) is 8.78. The monoisotopic (exact) mass is 524 g/mol. The zero-order chi connectivity index (χ0) is 25.7. The Balaban J connectivity index is 1.49. The molecule has 2 aromatic heterocycles. The molecule has 190 valence electrons. The fourth-order valence-corrected chi connectivity index (χ4v) is 5.93. The second kappa shape index (κ2) is 9.02. The number of nitrogens with zero attached hydrogens (tertiary/aromatic N) is 4. The number of nitrogens with two attached hydrogens (primary N) is 1. The molecule has 3 atom stereocenters. The van der Waals surface area contributed by atoms with Crippen molar-refractivity contribution in [2.45, 2.75) is 36.5 Å². The molecule has 2 aliphatic rings. The topological polar surface area (TPSA) is 98.3 Å². The lowest BCUT2D eigenvalue weighted by atomic mass is 9.85. The van der Waals surface area contributed by atoms with Gasteiger partial charge in [0.2, 0.25) is 5.88 Å². The van der Waals surface area contributed by atoms with Crippen molar-refractivity contribution in [1.82, 2.24) is 15.0 Å². The number of benzene rings is 1. The molecule has 0 amide bonds. The van der Waals surface area contributed by atoms with E-state index in [-0.39, 0.29) is 47.6 Å². The fraction of sp³-hybridized carbons (Fsp3) is 0.391. The third-order valence-electron chi connectivity index (χ3n) is 6.44. The minimum Gasteiger partial charge on any atom is -0.476 e. The van der Waals surface area contributed by atoms with Crippen molar-refractivity contribution in [3.8, 4) is 5.88 Å². The molecule has 3 aromatic rings. The highest BCUT2D eigenvalue weighted by atomic mass is 32.2. The molecular formula is C23H21F5N6OS. The molecule has 3 heterocycles. The predicted octanol–water partition coefficient (Wildman–Crippen LogP) is 5.09. The molecule has 0 spiro atoms. The molecule has 36 heavy (non-hydrogen) atoms. The first-order chi connectivity index (χ1) is 17.2. The van der Waals surface area contributed by atoms with Gasteiger partial charge in [0.25, 0.3) is 6.43 Å². The lowest BCUT2D eigenvalue weighted by Crippen LogP contribution is -2.39. The molecule has 3 N–H and O–H groups in total. The molecule has 5 rings (SSSR count). The zero-order valence-corrected chi connectivity index (χ0v) is 19.8. The van der Waals surface area contributed by atoms with Crippen LogP contribution in [-0.4, -0.2) is 44.6 Å². The third-order valence-corrected chi connectivity index (χ3v) is 7.75. The van der Waals surface area contributed by atoms with Crippen LogP contribution in [0.25, 0.3) is 11.0 Å². The summed E-state index contributed by atoms with van der Waals surface area (Å²) in [7, 11) is 0. The standard InChI is InChI=1S/C23H21F5N6OS/c1-22(15-9-23(15,20(27)28)36-21(29)34-22)12-7-11(8-13(25)17(12)26)32-19-18-14(3-5-30-19)33-16(10-31-18)35-6-2-4-24/h3,5,7-8,10,15,20H,2,4,6,9H2,1H3,(H2,29,34)(H,30,32)/t15-,22-,23-/m0/s1. The van der Waals surface area contributed by atoms with Crippen LogP contribution in [0.3, 0.4) is 0 Å². The average Bonchev–Trinajstić information content (AvgIpc) is 3.58. The van der Waals surface area contributed by atoms with E-state index in [1.165, 1.54) is 25.4 Å². The molecule has 1 aliphatic carbocycles. The van der Waals surface area contributed by atoms with Gasteiger partial charge in [0.1, 0.15) is 5.52 Å². The summed E-state index contributed by atoms with van der Waals surface area (Å²) in [4.78, 5) is 17.1. The van der Waals surface area contributed by atoms with Gasteiger partial charge in [-0.1, -0.05) is 11.8 Å². The number of hydrogen-bond acceptors (Lipinski definition) is 8. The van der Waals surface area contributed by atoms with Gasteiger partial charge in [0.15, 0.2) is 22.6 Å². The van der Waals surface area contributed by atoms with E-state index in [2.05, 4.69) is 25.3 Å². The summed E-state index contributed by atoms with van der Waals surface area (Å²) in [5.41, 5.74) is 5.02. The molecule has 0 radical (unpaired) electrons. The first-order valence-electron chi connectivity index (χ1n) is 11.1. The summed E-state index contributed by atoms with van der Waals surface area (Å²) in [6.45, 7) is 1.11. The Morgan fingerprint density at radius 1 is 1.28 bits per heavy atom. The summed E-state index contributed by atoms with van der Waals surface area (Å²) in [6, 6.07) is 3.84. The van der Waals surface area contributed by atoms with Gasteiger partial charge in [-0.05, 0) is 25.5 Å². The number of hydrogen-bond donors (Lipinski definition) is 2. The highest BCUT2D eigenvalue weighted by Gasteiger charge is 2.71. The van der Waals surface area contributed by atoms with Gasteiger partial charge in [-0.25, -0.2) is 32.5 Å². The highest BCUT2D eigenvalue weighted by Crippen LogP contribution is 2.68. The Bertz CT molecular complexity index is 1360. The van der Waals surface area contributed by atoms with Crippen LogP contribution >= 0.6 is 11.8 Å². The van der Waals surface area contributed by atoms with Crippen molar-refractivity contribution in [2.24, 2.45) is 16.6 Å². The van der Waals surface area contributed by atoms with Gasteiger partial charge < -0.3 is 15.8 Å². The van der Waals surface area contributed by atoms with Crippen LogP contribution in [-0.2, 0) is 5.54 Å². The van der Waals surface area contributed by atoms with E-state index in [1.807, 2.05) is 0 Å². The number of ether oxygens (including phenoxy) is 1. The SMILES string of the molecule is C[C@@]1(c2cc(Nc3nccc4nc(OCCCF)cnc34)cc(F)c2F)N=C(N)S[C@@]2(C(F)F)C[C@@H]12. The molecule has 7 nitrogen and oxygen atoms in total. The van der Waals surface area contributed by atoms with E-state index in [9.17, 15) is 17.6 Å². The number of rotatable bonds is 8. The highest BCUT2D eigenvalue weighted by molar-refractivity contribution is 8.15. The molecule has 13 heteroatoms. The van der Waals surface area contributed by atoms with Gasteiger partial charge >= 0.3 is 0 Å². The maximum atomic E-state index is 15.0. The normalized spacial score (nSPS) is 25.0. The number of fused-ring (bicyclic) bond motifs is 2. The number of alkyl halides is 3. The molecule has 1 aromatic carbocycles. The summed E-state index contributed by atoms with van der Waals surface area (Å²) < 4.78 is 73.6. The molecule has 1 saturated carbocycles. The predicted molar refractivity (Wildman–Crippen MR) is 126 cm³/mol. The molecule has 1 fully saturated rings. The van der Waals surface area contributed by atoms with Gasteiger partial charge in [-0.2, -0.15) is 0 Å². The number of amidine groups is 1. The molecule has 0 unspecified atom stereocenters. The van der Waals surface area contributed by atoms with Crippen LogP contribution in [0.2, 0.25) is 0 Å². The van der Waals surface area contributed by atoms with Crippen LogP contribution < -0.4 is 15.8 Å². The van der Waals surface area contributed by atoms with Crippen LogP contribution in [0.15, 0.2) is 35.6 Å². The number of aromatic nitrogens is 3. The fourth-order valence-electron chi connectivity index (χ4n) is 4.59. The lowest BCUT2D eigenvalue weighted by Gasteiger charge is -2.34. The van der Waals surface area contributed by atoms with Crippen LogP contribution in [0.1, 0.15) is 25.3 Å². The van der Waals surface area contributed by atoms with Crippen molar-refractivity contribution in [3.63, 3.8) is 0 Å².